The van der Waals surface area contributed by atoms with Crippen LogP contribution in [0.2, 0.25) is 0 Å². The molecule has 1 rings (SSSR count). The second-order valence-electron chi connectivity index (χ2n) is 4.26. The Kier molecular flexibility index (Phi) is 5.49. The van der Waals surface area contributed by atoms with E-state index in [-0.39, 0.29) is 16.8 Å². The number of ether oxygens (including phenoxy) is 1. The molecule has 0 saturated heterocycles. The molecule has 0 heterocycles. The summed E-state index contributed by atoms with van der Waals surface area (Å²) in [6, 6.07) is 1.84. The Balaban J connectivity index is 2.69. The molecular weight excluding hydrogens is 308 g/mol. The zero-order valence-corrected chi connectivity index (χ0v) is 11.9. The zero-order valence-electron chi connectivity index (χ0n) is 10.3. The molecule has 3 nitrogen and oxygen atoms in total. The second kappa shape index (κ2) is 6.45. The highest BCUT2D eigenvalue weighted by Gasteiger charge is 2.22. The maximum absolute atomic E-state index is 13.4. The number of hydrogen-bond acceptors (Lipinski definition) is 3. The molecule has 0 aliphatic heterocycles. The lowest BCUT2D eigenvalue weighted by atomic mass is 10.1. The van der Waals surface area contributed by atoms with Gasteiger partial charge in [0.25, 0.3) is 0 Å². The SMILES string of the molecule is CCNCC(C)(O)COc1c(F)cc(F)cc1Br. The van der Waals surface area contributed by atoms with Crippen molar-refractivity contribution in [3.63, 3.8) is 0 Å². The van der Waals surface area contributed by atoms with Crippen molar-refractivity contribution in [3.8, 4) is 5.75 Å². The van der Waals surface area contributed by atoms with Gasteiger partial charge in [-0.25, -0.2) is 8.78 Å². The third-order valence-electron chi connectivity index (χ3n) is 2.25. The summed E-state index contributed by atoms with van der Waals surface area (Å²) in [6.07, 6.45) is 0. The fraction of sp³-hybridized carbons (Fsp3) is 0.500. The first-order valence-corrected chi connectivity index (χ1v) is 6.35. The van der Waals surface area contributed by atoms with E-state index in [0.717, 1.165) is 12.1 Å². The number of aliphatic hydroxyl groups is 1. The van der Waals surface area contributed by atoms with Gasteiger partial charge in [-0.3, -0.25) is 0 Å². The molecule has 0 radical (unpaired) electrons. The summed E-state index contributed by atoms with van der Waals surface area (Å²) in [5, 5.41) is 12.9. The Morgan fingerprint density at radius 1 is 1.44 bits per heavy atom. The van der Waals surface area contributed by atoms with E-state index in [1.807, 2.05) is 6.92 Å². The minimum absolute atomic E-state index is 0.0961. The van der Waals surface area contributed by atoms with Crippen LogP contribution in [0, 0.1) is 11.6 Å². The summed E-state index contributed by atoms with van der Waals surface area (Å²) in [7, 11) is 0. The van der Waals surface area contributed by atoms with Crippen LogP contribution in [0.4, 0.5) is 8.78 Å². The van der Waals surface area contributed by atoms with E-state index in [2.05, 4.69) is 21.2 Å². The van der Waals surface area contributed by atoms with Gasteiger partial charge in [-0.1, -0.05) is 6.92 Å². The molecule has 0 aliphatic carbocycles. The average Bonchev–Trinajstić information content (AvgIpc) is 2.24. The fourth-order valence-corrected chi connectivity index (χ4v) is 1.86. The highest BCUT2D eigenvalue weighted by atomic mass is 79.9. The maximum Gasteiger partial charge on any atom is 0.169 e. The summed E-state index contributed by atoms with van der Waals surface area (Å²) in [5.74, 6) is -1.60. The second-order valence-corrected chi connectivity index (χ2v) is 5.12. The molecule has 0 saturated carbocycles. The molecule has 1 atom stereocenters. The van der Waals surface area contributed by atoms with Crippen LogP contribution in [0.5, 0.6) is 5.75 Å². The number of halogens is 3. The van der Waals surface area contributed by atoms with Gasteiger partial charge in [0, 0.05) is 12.6 Å². The average molecular weight is 324 g/mol. The molecule has 1 aromatic rings. The van der Waals surface area contributed by atoms with Gasteiger partial charge in [-0.15, -0.1) is 0 Å². The number of rotatable bonds is 6. The van der Waals surface area contributed by atoms with Gasteiger partial charge in [0.05, 0.1) is 4.47 Å². The fourth-order valence-electron chi connectivity index (χ4n) is 1.34. The first-order chi connectivity index (χ1) is 8.35. The quantitative estimate of drug-likeness (QED) is 0.845. The summed E-state index contributed by atoms with van der Waals surface area (Å²) < 4.78 is 31.7. The molecule has 102 valence electrons. The van der Waals surface area contributed by atoms with Crippen molar-refractivity contribution in [2.45, 2.75) is 19.4 Å². The standard InChI is InChI=1S/C12H16BrF2NO2/c1-3-16-6-12(2,17)7-18-11-9(13)4-8(14)5-10(11)15/h4-5,16-17H,3,6-7H2,1-2H3. The van der Waals surface area contributed by atoms with Gasteiger partial charge in [0.1, 0.15) is 18.0 Å². The van der Waals surface area contributed by atoms with Crippen molar-refractivity contribution in [3.05, 3.63) is 28.2 Å². The third kappa shape index (κ3) is 4.51. The molecular formula is C12H16BrF2NO2. The van der Waals surface area contributed by atoms with E-state index < -0.39 is 17.2 Å². The van der Waals surface area contributed by atoms with Crippen LogP contribution in [0.3, 0.4) is 0 Å². The van der Waals surface area contributed by atoms with E-state index in [4.69, 9.17) is 4.74 Å². The van der Waals surface area contributed by atoms with E-state index in [1.54, 1.807) is 6.92 Å². The molecule has 0 aromatic heterocycles. The summed E-state index contributed by atoms with van der Waals surface area (Å²) >= 11 is 3.02. The number of likely N-dealkylation sites (N-methyl/N-ethyl adjacent to an activating group) is 1. The molecule has 2 N–H and O–H groups in total. The largest absolute Gasteiger partial charge is 0.486 e. The number of hydrogen-bond donors (Lipinski definition) is 2. The van der Waals surface area contributed by atoms with Crippen molar-refractivity contribution in [2.75, 3.05) is 19.7 Å². The van der Waals surface area contributed by atoms with Crippen LogP contribution in [-0.4, -0.2) is 30.4 Å². The summed E-state index contributed by atoms with van der Waals surface area (Å²) in [6.45, 7) is 4.42. The first-order valence-electron chi connectivity index (χ1n) is 5.56. The molecule has 0 amide bonds. The van der Waals surface area contributed by atoms with E-state index in [9.17, 15) is 13.9 Å². The Bertz CT molecular complexity index is 390. The molecule has 18 heavy (non-hydrogen) atoms. The predicted molar refractivity (Wildman–Crippen MR) is 68.7 cm³/mol. The van der Waals surface area contributed by atoms with Crippen molar-refractivity contribution >= 4 is 15.9 Å². The van der Waals surface area contributed by atoms with Crippen LogP contribution in [0.15, 0.2) is 16.6 Å². The Labute approximate surface area is 113 Å². The maximum atomic E-state index is 13.4. The predicted octanol–water partition coefficient (Wildman–Crippen LogP) is 2.47. The van der Waals surface area contributed by atoms with E-state index >= 15 is 0 Å². The molecule has 0 aliphatic rings. The highest BCUT2D eigenvalue weighted by molar-refractivity contribution is 9.10. The lowest BCUT2D eigenvalue weighted by Crippen LogP contribution is -2.42. The molecule has 1 aromatic carbocycles. The van der Waals surface area contributed by atoms with Crippen molar-refractivity contribution in [1.29, 1.82) is 0 Å². The first kappa shape index (κ1) is 15.3. The van der Waals surface area contributed by atoms with Crippen molar-refractivity contribution in [1.82, 2.24) is 5.32 Å². The smallest absolute Gasteiger partial charge is 0.169 e. The molecule has 0 bridgehead atoms. The molecule has 1 unspecified atom stereocenters. The van der Waals surface area contributed by atoms with Crippen LogP contribution < -0.4 is 10.1 Å². The normalized spacial score (nSPS) is 14.3. The van der Waals surface area contributed by atoms with Crippen LogP contribution in [0.1, 0.15) is 13.8 Å². The minimum atomic E-state index is -1.13. The van der Waals surface area contributed by atoms with Crippen molar-refractivity contribution < 1.29 is 18.6 Å². The van der Waals surface area contributed by atoms with Gasteiger partial charge < -0.3 is 15.2 Å². The monoisotopic (exact) mass is 323 g/mol. The summed E-state index contributed by atoms with van der Waals surface area (Å²) in [5.41, 5.74) is -1.13. The molecule has 0 spiro atoms. The highest BCUT2D eigenvalue weighted by Crippen LogP contribution is 2.29. The van der Waals surface area contributed by atoms with Crippen LogP contribution in [0.25, 0.3) is 0 Å². The number of nitrogens with one attached hydrogen (secondary N) is 1. The van der Waals surface area contributed by atoms with Crippen LogP contribution >= 0.6 is 15.9 Å². The van der Waals surface area contributed by atoms with Crippen LogP contribution in [-0.2, 0) is 0 Å². The minimum Gasteiger partial charge on any atom is -0.486 e. The lowest BCUT2D eigenvalue weighted by molar-refractivity contribution is 0.0113. The topological polar surface area (TPSA) is 41.5 Å². The summed E-state index contributed by atoms with van der Waals surface area (Å²) in [4.78, 5) is 0. The van der Waals surface area contributed by atoms with Gasteiger partial charge in [0.15, 0.2) is 11.6 Å². The van der Waals surface area contributed by atoms with E-state index in [1.165, 1.54) is 0 Å². The molecule has 6 heteroatoms. The lowest BCUT2D eigenvalue weighted by Gasteiger charge is -2.24. The van der Waals surface area contributed by atoms with Gasteiger partial charge in [-0.2, -0.15) is 0 Å². The van der Waals surface area contributed by atoms with Gasteiger partial charge >= 0.3 is 0 Å². The Hall–Kier alpha value is -0.720. The Morgan fingerprint density at radius 2 is 2.11 bits per heavy atom. The zero-order chi connectivity index (χ0) is 13.8. The van der Waals surface area contributed by atoms with Gasteiger partial charge in [-0.05, 0) is 35.5 Å². The van der Waals surface area contributed by atoms with E-state index in [0.29, 0.717) is 13.1 Å². The molecule has 0 fully saturated rings. The van der Waals surface area contributed by atoms with Crippen molar-refractivity contribution in [2.24, 2.45) is 0 Å². The number of benzene rings is 1. The third-order valence-corrected chi connectivity index (χ3v) is 2.84. The van der Waals surface area contributed by atoms with Gasteiger partial charge in [0.2, 0.25) is 0 Å². The Morgan fingerprint density at radius 3 is 2.67 bits per heavy atom.